The molecule has 1 aliphatic rings. The molecular weight excluding hydrogens is 234 g/mol. The molecule has 1 aromatic rings. The number of hydrogen-bond donors (Lipinski definition) is 2. The molecule has 1 heterocycles. The number of benzene rings is 1. The molecule has 0 aromatic heterocycles. The van der Waals surface area contributed by atoms with Crippen molar-refractivity contribution >= 4 is 0 Å². The summed E-state index contributed by atoms with van der Waals surface area (Å²) in [4.78, 5) is 2.38. The lowest BCUT2D eigenvalue weighted by atomic mass is 9.90. The number of aryl methyl sites for hydroxylation is 3. The van der Waals surface area contributed by atoms with E-state index in [0.717, 1.165) is 26.1 Å². The van der Waals surface area contributed by atoms with Crippen LogP contribution >= 0.6 is 0 Å². The zero-order chi connectivity index (χ0) is 14.0. The number of nitrogens with zero attached hydrogens (tertiary/aromatic N) is 1. The molecule has 106 valence electrons. The van der Waals surface area contributed by atoms with E-state index in [1.165, 1.54) is 22.3 Å². The summed E-state index contributed by atoms with van der Waals surface area (Å²) >= 11 is 0. The molecule has 0 aliphatic carbocycles. The second-order valence-corrected chi connectivity index (χ2v) is 6.07. The Kier molecular flexibility index (Phi) is 4.61. The summed E-state index contributed by atoms with van der Waals surface area (Å²) in [5, 5.41) is 3.58. The van der Waals surface area contributed by atoms with Crippen molar-refractivity contribution in [3.05, 3.63) is 34.4 Å². The number of hydrogen-bond acceptors (Lipinski definition) is 3. The van der Waals surface area contributed by atoms with E-state index in [2.05, 4.69) is 50.2 Å². The molecule has 3 N–H and O–H groups in total. The van der Waals surface area contributed by atoms with Gasteiger partial charge >= 0.3 is 0 Å². The highest BCUT2D eigenvalue weighted by molar-refractivity contribution is 5.39. The van der Waals surface area contributed by atoms with E-state index in [-0.39, 0.29) is 6.04 Å². The standard InChI is InChI=1S/C16H27N3/c1-11-7-12(2)16(13(3)8-11)15(17)9-14-10-19(4)6-5-18-14/h7-8,14-15,18H,5-6,9-10,17H2,1-4H3. The predicted octanol–water partition coefficient (Wildman–Crippen LogP) is 1.91. The molecule has 1 fully saturated rings. The first-order valence-corrected chi connectivity index (χ1v) is 7.22. The summed E-state index contributed by atoms with van der Waals surface area (Å²) < 4.78 is 0. The van der Waals surface area contributed by atoms with Gasteiger partial charge in [0.2, 0.25) is 0 Å². The fourth-order valence-corrected chi connectivity index (χ4v) is 3.35. The van der Waals surface area contributed by atoms with Crippen molar-refractivity contribution < 1.29 is 0 Å². The number of rotatable bonds is 3. The molecule has 0 amide bonds. The quantitative estimate of drug-likeness (QED) is 0.873. The molecule has 0 radical (unpaired) electrons. The molecule has 1 aliphatic heterocycles. The third kappa shape index (κ3) is 3.56. The molecule has 3 heteroatoms. The van der Waals surface area contributed by atoms with Gasteiger partial charge in [-0.05, 0) is 50.9 Å². The molecular formula is C16H27N3. The maximum atomic E-state index is 6.46. The van der Waals surface area contributed by atoms with Gasteiger partial charge in [-0.25, -0.2) is 0 Å². The Morgan fingerprint density at radius 1 is 1.32 bits per heavy atom. The van der Waals surface area contributed by atoms with Gasteiger partial charge in [-0.15, -0.1) is 0 Å². The van der Waals surface area contributed by atoms with Crippen LogP contribution in [0.3, 0.4) is 0 Å². The molecule has 2 rings (SSSR count). The van der Waals surface area contributed by atoms with Gasteiger partial charge in [0.1, 0.15) is 0 Å². The van der Waals surface area contributed by atoms with Crippen molar-refractivity contribution in [2.75, 3.05) is 26.7 Å². The number of piperazine rings is 1. The smallest absolute Gasteiger partial charge is 0.0315 e. The van der Waals surface area contributed by atoms with Crippen molar-refractivity contribution in [2.45, 2.75) is 39.3 Å². The van der Waals surface area contributed by atoms with Gasteiger partial charge in [0.05, 0.1) is 0 Å². The van der Waals surface area contributed by atoms with Crippen molar-refractivity contribution in [3.8, 4) is 0 Å². The minimum absolute atomic E-state index is 0.129. The lowest BCUT2D eigenvalue weighted by molar-refractivity contribution is 0.225. The highest BCUT2D eigenvalue weighted by atomic mass is 15.2. The minimum atomic E-state index is 0.129. The largest absolute Gasteiger partial charge is 0.324 e. The van der Waals surface area contributed by atoms with Crippen LogP contribution in [0.25, 0.3) is 0 Å². The Balaban J connectivity index is 2.09. The Bertz CT molecular complexity index is 419. The first-order valence-electron chi connectivity index (χ1n) is 7.22. The van der Waals surface area contributed by atoms with Crippen LogP contribution in [0.2, 0.25) is 0 Å². The zero-order valence-corrected chi connectivity index (χ0v) is 12.7. The molecule has 1 saturated heterocycles. The van der Waals surface area contributed by atoms with E-state index in [1.807, 2.05) is 0 Å². The monoisotopic (exact) mass is 261 g/mol. The van der Waals surface area contributed by atoms with Gasteiger partial charge in [-0.2, -0.15) is 0 Å². The fourth-order valence-electron chi connectivity index (χ4n) is 3.35. The van der Waals surface area contributed by atoms with Crippen LogP contribution < -0.4 is 11.1 Å². The van der Waals surface area contributed by atoms with Gasteiger partial charge in [0, 0.05) is 31.7 Å². The van der Waals surface area contributed by atoms with Crippen LogP contribution in [-0.2, 0) is 0 Å². The second-order valence-electron chi connectivity index (χ2n) is 6.07. The topological polar surface area (TPSA) is 41.3 Å². The maximum absolute atomic E-state index is 6.46. The lowest BCUT2D eigenvalue weighted by Crippen LogP contribution is -2.50. The maximum Gasteiger partial charge on any atom is 0.0315 e. The molecule has 1 aromatic carbocycles. The summed E-state index contributed by atoms with van der Waals surface area (Å²) in [6, 6.07) is 5.11. The molecule has 0 saturated carbocycles. The Labute approximate surface area is 117 Å². The molecule has 2 atom stereocenters. The van der Waals surface area contributed by atoms with E-state index in [1.54, 1.807) is 0 Å². The van der Waals surface area contributed by atoms with E-state index < -0.39 is 0 Å². The SMILES string of the molecule is Cc1cc(C)c(C(N)CC2CN(C)CCN2)c(C)c1. The first kappa shape index (κ1) is 14.5. The van der Waals surface area contributed by atoms with E-state index >= 15 is 0 Å². The molecule has 19 heavy (non-hydrogen) atoms. The van der Waals surface area contributed by atoms with Crippen LogP contribution in [0.1, 0.15) is 34.7 Å². The Morgan fingerprint density at radius 3 is 2.53 bits per heavy atom. The van der Waals surface area contributed by atoms with Crippen LogP contribution in [0.5, 0.6) is 0 Å². The summed E-state index contributed by atoms with van der Waals surface area (Å²) in [6.07, 6.45) is 1.01. The number of likely N-dealkylation sites (N-methyl/N-ethyl adjacent to an activating group) is 1. The van der Waals surface area contributed by atoms with E-state index in [9.17, 15) is 0 Å². The first-order chi connectivity index (χ1) is 8.97. The third-order valence-corrected chi connectivity index (χ3v) is 4.11. The Morgan fingerprint density at radius 2 is 1.95 bits per heavy atom. The van der Waals surface area contributed by atoms with Crippen LogP contribution in [0, 0.1) is 20.8 Å². The normalized spacial score (nSPS) is 22.5. The van der Waals surface area contributed by atoms with Gasteiger partial charge in [0.15, 0.2) is 0 Å². The molecule has 3 nitrogen and oxygen atoms in total. The average molecular weight is 261 g/mol. The molecule has 2 unspecified atom stereocenters. The molecule has 0 bridgehead atoms. The summed E-state index contributed by atoms with van der Waals surface area (Å²) in [7, 11) is 2.18. The summed E-state index contributed by atoms with van der Waals surface area (Å²) in [5.74, 6) is 0. The minimum Gasteiger partial charge on any atom is -0.324 e. The second kappa shape index (κ2) is 6.04. The number of nitrogens with one attached hydrogen (secondary N) is 1. The van der Waals surface area contributed by atoms with Crippen LogP contribution in [0.15, 0.2) is 12.1 Å². The van der Waals surface area contributed by atoms with Crippen LogP contribution in [-0.4, -0.2) is 37.6 Å². The molecule has 0 spiro atoms. The predicted molar refractivity (Wildman–Crippen MR) is 81.5 cm³/mol. The van der Waals surface area contributed by atoms with Crippen molar-refractivity contribution in [1.82, 2.24) is 10.2 Å². The summed E-state index contributed by atoms with van der Waals surface area (Å²) in [5.41, 5.74) is 11.8. The summed E-state index contributed by atoms with van der Waals surface area (Å²) in [6.45, 7) is 9.80. The number of nitrogens with two attached hydrogens (primary N) is 1. The van der Waals surface area contributed by atoms with Crippen molar-refractivity contribution in [2.24, 2.45) is 5.73 Å². The third-order valence-electron chi connectivity index (χ3n) is 4.11. The highest BCUT2D eigenvalue weighted by Gasteiger charge is 2.21. The van der Waals surface area contributed by atoms with E-state index in [4.69, 9.17) is 5.73 Å². The van der Waals surface area contributed by atoms with Gasteiger partial charge < -0.3 is 16.0 Å². The van der Waals surface area contributed by atoms with Crippen LogP contribution in [0.4, 0.5) is 0 Å². The van der Waals surface area contributed by atoms with Crippen molar-refractivity contribution in [3.63, 3.8) is 0 Å². The van der Waals surface area contributed by atoms with Crippen molar-refractivity contribution in [1.29, 1.82) is 0 Å². The van der Waals surface area contributed by atoms with Gasteiger partial charge in [-0.1, -0.05) is 17.7 Å². The highest BCUT2D eigenvalue weighted by Crippen LogP contribution is 2.25. The fraction of sp³-hybridized carbons (Fsp3) is 0.625. The van der Waals surface area contributed by atoms with E-state index in [0.29, 0.717) is 6.04 Å². The average Bonchev–Trinajstić information content (AvgIpc) is 2.27. The zero-order valence-electron chi connectivity index (χ0n) is 12.7. The van der Waals surface area contributed by atoms with Gasteiger partial charge in [0.25, 0.3) is 0 Å². The Hall–Kier alpha value is -0.900. The van der Waals surface area contributed by atoms with Gasteiger partial charge in [-0.3, -0.25) is 0 Å². The lowest BCUT2D eigenvalue weighted by Gasteiger charge is -2.33.